The molecule has 6 atom stereocenters. The molecule has 3 aromatic rings. The Balaban J connectivity index is 1.63. The Morgan fingerprint density at radius 2 is 2.08 bits per heavy atom. The molecule has 4 N–H and O–H groups in total. The highest BCUT2D eigenvalue weighted by Crippen LogP contribution is 2.49. The number of esters is 1. The van der Waals surface area contributed by atoms with Crippen LogP contribution in [-0.2, 0) is 23.4 Å². The number of rotatable bonds is 11. The highest BCUT2D eigenvalue weighted by atomic mass is 35.5. The Kier molecular flexibility index (Phi) is 8.83. The number of aromatic nitrogens is 4. The topological polar surface area (TPSA) is 176 Å². The van der Waals surface area contributed by atoms with E-state index >= 15 is 4.39 Å². The standard InChI is InChI=1S/C23H30ClFN7O7P/c1-13(21(34)36-4)30-40(35,39-14-8-6-5-7-9-14)37-11-23(10-24)17(33)15(25)20(38-23)32-12-27-16-18(31(2)3)28-22(26)29-19(16)32/h5-9,12-13,15,17,20,33H,10-11H2,1-4H3,(H,30,35)(H2,26,28,29)/t13-,15-,17+,20-,23-,40-/m1/s1. The molecule has 0 radical (unpaired) electrons. The second-order valence-corrected chi connectivity index (χ2v) is 11.2. The molecule has 4 rings (SSSR count). The summed E-state index contributed by atoms with van der Waals surface area (Å²) in [4.78, 5) is 26.3. The van der Waals surface area contributed by atoms with E-state index in [1.807, 2.05) is 0 Å². The van der Waals surface area contributed by atoms with Gasteiger partial charge in [0, 0.05) is 14.1 Å². The highest BCUT2D eigenvalue weighted by molar-refractivity contribution is 7.52. The van der Waals surface area contributed by atoms with Crippen LogP contribution in [0.5, 0.6) is 5.75 Å². The molecule has 218 valence electrons. The predicted octanol–water partition coefficient (Wildman–Crippen LogP) is 2.03. The number of aliphatic hydroxyl groups is 1. The van der Waals surface area contributed by atoms with Gasteiger partial charge >= 0.3 is 13.7 Å². The lowest BCUT2D eigenvalue weighted by Crippen LogP contribution is -2.48. The van der Waals surface area contributed by atoms with Crippen LogP contribution in [0, 0.1) is 0 Å². The van der Waals surface area contributed by atoms with Crippen LogP contribution in [0.3, 0.4) is 0 Å². The van der Waals surface area contributed by atoms with E-state index in [0.29, 0.717) is 11.3 Å². The molecule has 1 aliphatic heterocycles. The fourth-order valence-electron chi connectivity index (χ4n) is 4.09. The summed E-state index contributed by atoms with van der Waals surface area (Å²) in [5.74, 6) is -0.729. The van der Waals surface area contributed by atoms with Gasteiger partial charge in [-0.2, -0.15) is 15.1 Å². The SMILES string of the molecule is COC(=O)[C@@H](C)N[P@@](=O)(OC[C@@]1(CCl)O[C@@H](n2cnc3c(N(C)C)nc(N)nc32)[C@H](F)[C@@H]1O)Oc1ccccc1. The van der Waals surface area contributed by atoms with Crippen LogP contribution in [0.1, 0.15) is 13.2 Å². The largest absolute Gasteiger partial charge is 0.468 e. The maximum atomic E-state index is 15.6. The number of nitrogens with zero attached hydrogens (tertiary/aromatic N) is 5. The number of nitrogens with one attached hydrogen (secondary N) is 1. The summed E-state index contributed by atoms with van der Waals surface area (Å²) in [6.45, 7) is 0.702. The molecule has 17 heteroatoms. The summed E-state index contributed by atoms with van der Waals surface area (Å²) in [7, 11) is 0.279. The molecular weight excluding hydrogens is 572 g/mol. The average molecular weight is 602 g/mol. The Hall–Kier alpha value is -3.07. The number of benzene rings is 1. The lowest BCUT2D eigenvalue weighted by molar-refractivity contribution is -0.142. The summed E-state index contributed by atoms with van der Waals surface area (Å²) in [6, 6.07) is 6.92. The lowest BCUT2D eigenvalue weighted by atomic mass is 9.99. The number of fused-ring (bicyclic) bond motifs is 1. The van der Waals surface area contributed by atoms with Crippen molar-refractivity contribution in [3.8, 4) is 5.75 Å². The molecule has 3 heterocycles. The number of carbonyl (C=O) groups is 1. The van der Waals surface area contributed by atoms with Crippen molar-refractivity contribution >= 4 is 48.2 Å². The maximum absolute atomic E-state index is 15.6. The minimum absolute atomic E-state index is 0.0800. The minimum atomic E-state index is -4.35. The molecule has 0 amide bonds. The first-order valence-electron chi connectivity index (χ1n) is 12.0. The minimum Gasteiger partial charge on any atom is -0.468 e. The number of hydrogen-bond donors (Lipinski definition) is 3. The third-order valence-corrected chi connectivity index (χ3v) is 8.24. The van der Waals surface area contributed by atoms with Gasteiger partial charge in [-0.15, -0.1) is 11.6 Å². The number of hydrogen-bond acceptors (Lipinski definition) is 12. The normalized spacial score (nSPS) is 24.9. The zero-order valence-corrected chi connectivity index (χ0v) is 23.8. The van der Waals surface area contributed by atoms with Crippen LogP contribution in [0.25, 0.3) is 11.2 Å². The van der Waals surface area contributed by atoms with Crippen LogP contribution < -0.4 is 20.2 Å². The van der Waals surface area contributed by atoms with Crippen LogP contribution in [0.4, 0.5) is 16.2 Å². The van der Waals surface area contributed by atoms with Crippen molar-refractivity contribution in [2.75, 3.05) is 44.3 Å². The lowest BCUT2D eigenvalue weighted by Gasteiger charge is -2.31. The van der Waals surface area contributed by atoms with Crippen molar-refractivity contribution in [3.05, 3.63) is 36.7 Å². The Labute approximate surface area is 234 Å². The molecule has 2 aromatic heterocycles. The number of para-hydroxylation sites is 1. The summed E-state index contributed by atoms with van der Waals surface area (Å²) in [6.07, 6.45) is -4.04. The number of nitrogen functional groups attached to an aromatic ring is 1. The number of anilines is 2. The van der Waals surface area contributed by atoms with E-state index in [0.717, 1.165) is 7.11 Å². The average Bonchev–Trinajstić information content (AvgIpc) is 3.45. The van der Waals surface area contributed by atoms with Gasteiger partial charge < -0.3 is 29.7 Å². The number of halogens is 2. The maximum Gasteiger partial charge on any atom is 0.459 e. The van der Waals surface area contributed by atoms with Crippen LogP contribution in [0.15, 0.2) is 36.7 Å². The number of nitrogens with two attached hydrogens (primary N) is 1. The van der Waals surface area contributed by atoms with Gasteiger partial charge in [-0.05, 0) is 19.1 Å². The second kappa shape index (κ2) is 11.8. The zero-order chi connectivity index (χ0) is 29.2. The molecule has 14 nitrogen and oxygen atoms in total. The monoisotopic (exact) mass is 601 g/mol. The van der Waals surface area contributed by atoms with E-state index in [-0.39, 0.29) is 17.3 Å². The van der Waals surface area contributed by atoms with Crippen LogP contribution in [-0.4, -0.2) is 88.2 Å². The Morgan fingerprint density at radius 1 is 1.38 bits per heavy atom. The van der Waals surface area contributed by atoms with Gasteiger partial charge in [0.2, 0.25) is 5.95 Å². The van der Waals surface area contributed by atoms with Crippen molar-refractivity contribution in [2.45, 2.75) is 37.1 Å². The Morgan fingerprint density at radius 3 is 2.70 bits per heavy atom. The summed E-state index contributed by atoms with van der Waals surface area (Å²) in [5, 5.41) is 13.4. The van der Waals surface area contributed by atoms with E-state index in [9.17, 15) is 14.5 Å². The van der Waals surface area contributed by atoms with E-state index in [2.05, 4.69) is 24.8 Å². The molecule has 1 aliphatic rings. The number of carbonyl (C=O) groups excluding carboxylic acids is 1. The first kappa shape index (κ1) is 29.9. The summed E-state index contributed by atoms with van der Waals surface area (Å²) in [5.41, 5.74) is 4.45. The van der Waals surface area contributed by atoms with Gasteiger partial charge in [-0.25, -0.2) is 13.9 Å². The first-order valence-corrected chi connectivity index (χ1v) is 14.1. The summed E-state index contributed by atoms with van der Waals surface area (Å²) < 4.78 is 52.5. The van der Waals surface area contributed by atoms with Crippen LogP contribution in [0.2, 0.25) is 0 Å². The van der Waals surface area contributed by atoms with E-state index < -0.39 is 56.3 Å². The van der Waals surface area contributed by atoms with E-state index in [1.54, 1.807) is 37.2 Å². The van der Waals surface area contributed by atoms with Gasteiger partial charge in [0.1, 0.15) is 23.5 Å². The number of imidazole rings is 1. The molecule has 0 saturated carbocycles. The molecule has 1 aromatic carbocycles. The quantitative estimate of drug-likeness (QED) is 0.165. The number of methoxy groups -OCH3 is 1. The smallest absolute Gasteiger partial charge is 0.459 e. The van der Waals surface area contributed by atoms with Crippen molar-refractivity contribution in [1.29, 1.82) is 0 Å². The van der Waals surface area contributed by atoms with Gasteiger partial charge in [0.25, 0.3) is 0 Å². The fourth-order valence-corrected chi connectivity index (χ4v) is 5.93. The Bertz CT molecular complexity index is 1400. The molecule has 0 unspecified atom stereocenters. The van der Waals surface area contributed by atoms with Crippen molar-refractivity contribution in [3.63, 3.8) is 0 Å². The van der Waals surface area contributed by atoms with Gasteiger partial charge in [-0.1, -0.05) is 18.2 Å². The molecule has 0 aliphatic carbocycles. The van der Waals surface area contributed by atoms with Gasteiger partial charge in [-0.3, -0.25) is 13.9 Å². The van der Waals surface area contributed by atoms with Crippen molar-refractivity contribution in [2.24, 2.45) is 0 Å². The van der Waals surface area contributed by atoms with E-state index in [1.165, 1.54) is 30.0 Å². The molecule has 1 fully saturated rings. The van der Waals surface area contributed by atoms with Crippen molar-refractivity contribution < 1.29 is 37.4 Å². The van der Waals surface area contributed by atoms with Gasteiger partial charge in [0.15, 0.2) is 29.4 Å². The van der Waals surface area contributed by atoms with Crippen LogP contribution >= 0.6 is 19.3 Å². The number of aliphatic hydroxyl groups excluding tert-OH is 1. The predicted molar refractivity (Wildman–Crippen MR) is 144 cm³/mol. The third kappa shape index (κ3) is 5.85. The molecule has 40 heavy (non-hydrogen) atoms. The first-order chi connectivity index (χ1) is 18.9. The number of ether oxygens (including phenoxy) is 2. The number of alkyl halides is 2. The molecule has 1 saturated heterocycles. The fraction of sp³-hybridized carbons (Fsp3) is 0.478. The summed E-state index contributed by atoms with van der Waals surface area (Å²) >= 11 is 6.20. The molecular formula is C23H30ClFN7O7P. The highest BCUT2D eigenvalue weighted by Gasteiger charge is 2.57. The molecule has 0 spiro atoms. The second-order valence-electron chi connectivity index (χ2n) is 9.27. The third-order valence-electron chi connectivity index (χ3n) is 6.17. The zero-order valence-electron chi connectivity index (χ0n) is 22.1. The van der Waals surface area contributed by atoms with Crippen molar-refractivity contribution in [1.82, 2.24) is 24.6 Å². The van der Waals surface area contributed by atoms with Gasteiger partial charge in [0.05, 0.1) is 25.9 Å². The van der Waals surface area contributed by atoms with E-state index in [4.69, 9.17) is 31.1 Å². The molecule has 0 bridgehead atoms.